The monoisotopic (exact) mass is 246 g/mol. The van der Waals surface area contributed by atoms with Gasteiger partial charge in [-0.1, -0.05) is 6.07 Å². The van der Waals surface area contributed by atoms with Crippen LogP contribution in [0, 0.1) is 6.92 Å². The van der Waals surface area contributed by atoms with E-state index in [-0.39, 0.29) is 23.3 Å². The zero-order chi connectivity index (χ0) is 13.1. The van der Waals surface area contributed by atoms with E-state index in [1.807, 2.05) is 6.92 Å². The summed E-state index contributed by atoms with van der Waals surface area (Å²) in [4.78, 5) is 15.9. The largest absolute Gasteiger partial charge is 0.507 e. The average molecular weight is 246 g/mol. The van der Waals surface area contributed by atoms with E-state index in [4.69, 9.17) is 0 Å². The second kappa shape index (κ2) is 4.87. The summed E-state index contributed by atoms with van der Waals surface area (Å²) in [6, 6.07) is 4.61. The van der Waals surface area contributed by atoms with E-state index < -0.39 is 0 Å². The number of nitrogens with one attached hydrogen (secondary N) is 2. The number of hydrogen-bond acceptors (Lipinski definition) is 4. The predicted octanol–water partition coefficient (Wildman–Crippen LogP) is 1.31. The standard InChI is InChI=1S/C12H14N4O2/c1-7-3-4-9(10(17)5-7)12(18)15-8(2)11-13-6-14-16-11/h3-6,8,17H,1-2H3,(H,15,18)(H,13,14,16). The van der Waals surface area contributed by atoms with E-state index in [2.05, 4.69) is 20.5 Å². The van der Waals surface area contributed by atoms with Gasteiger partial charge in [0, 0.05) is 0 Å². The quantitative estimate of drug-likeness (QED) is 0.761. The van der Waals surface area contributed by atoms with Gasteiger partial charge < -0.3 is 10.4 Å². The fraction of sp³-hybridized carbons (Fsp3) is 0.250. The van der Waals surface area contributed by atoms with Crippen LogP contribution in [-0.2, 0) is 0 Å². The molecule has 1 aromatic heterocycles. The minimum Gasteiger partial charge on any atom is -0.507 e. The van der Waals surface area contributed by atoms with E-state index in [1.165, 1.54) is 6.33 Å². The van der Waals surface area contributed by atoms with Crippen LogP contribution in [0.3, 0.4) is 0 Å². The maximum absolute atomic E-state index is 11.9. The molecule has 3 N–H and O–H groups in total. The number of carbonyl (C=O) groups is 1. The zero-order valence-electron chi connectivity index (χ0n) is 10.1. The first-order valence-electron chi connectivity index (χ1n) is 5.53. The minimum atomic E-state index is -0.351. The maximum Gasteiger partial charge on any atom is 0.255 e. The molecule has 2 rings (SSSR count). The maximum atomic E-state index is 11.9. The number of aromatic amines is 1. The minimum absolute atomic E-state index is 0.0303. The summed E-state index contributed by atoms with van der Waals surface area (Å²) in [7, 11) is 0. The van der Waals surface area contributed by atoms with Gasteiger partial charge in [-0.3, -0.25) is 9.89 Å². The summed E-state index contributed by atoms with van der Waals surface area (Å²) in [6.07, 6.45) is 1.38. The summed E-state index contributed by atoms with van der Waals surface area (Å²) in [5.41, 5.74) is 1.14. The number of aryl methyl sites for hydroxylation is 1. The average Bonchev–Trinajstić information content (AvgIpc) is 2.81. The van der Waals surface area contributed by atoms with Crippen molar-refractivity contribution in [3.8, 4) is 5.75 Å². The number of phenols is 1. The molecule has 0 spiro atoms. The van der Waals surface area contributed by atoms with E-state index in [0.717, 1.165) is 5.56 Å². The van der Waals surface area contributed by atoms with Crippen LogP contribution in [0.4, 0.5) is 0 Å². The van der Waals surface area contributed by atoms with E-state index in [1.54, 1.807) is 25.1 Å². The highest BCUT2D eigenvalue weighted by molar-refractivity contribution is 5.97. The molecule has 1 unspecified atom stereocenters. The van der Waals surface area contributed by atoms with Gasteiger partial charge in [-0.2, -0.15) is 5.10 Å². The molecule has 6 nitrogen and oxygen atoms in total. The van der Waals surface area contributed by atoms with Crippen LogP contribution in [0.1, 0.15) is 34.7 Å². The van der Waals surface area contributed by atoms with Gasteiger partial charge in [0.15, 0.2) is 0 Å². The number of amides is 1. The lowest BCUT2D eigenvalue weighted by molar-refractivity contribution is 0.0935. The van der Waals surface area contributed by atoms with Gasteiger partial charge in [-0.25, -0.2) is 4.98 Å². The Labute approximate surface area is 104 Å². The normalized spacial score (nSPS) is 12.1. The third kappa shape index (κ3) is 2.48. The number of benzene rings is 1. The van der Waals surface area contributed by atoms with Gasteiger partial charge in [0.05, 0.1) is 11.6 Å². The number of phenolic OH excluding ortho intramolecular Hbond substituents is 1. The van der Waals surface area contributed by atoms with Gasteiger partial charge >= 0.3 is 0 Å². The third-order valence-electron chi connectivity index (χ3n) is 2.59. The van der Waals surface area contributed by atoms with Gasteiger partial charge in [0.25, 0.3) is 5.91 Å². The Bertz CT molecular complexity index is 551. The first-order chi connectivity index (χ1) is 8.58. The fourth-order valence-electron chi connectivity index (χ4n) is 1.60. The molecule has 0 fully saturated rings. The van der Waals surface area contributed by atoms with Gasteiger partial charge in [-0.15, -0.1) is 0 Å². The molecule has 6 heteroatoms. The lowest BCUT2D eigenvalue weighted by Gasteiger charge is -2.12. The van der Waals surface area contributed by atoms with Crippen molar-refractivity contribution in [3.63, 3.8) is 0 Å². The van der Waals surface area contributed by atoms with Crippen molar-refractivity contribution in [2.45, 2.75) is 19.9 Å². The smallest absolute Gasteiger partial charge is 0.255 e. The molecular formula is C12H14N4O2. The molecule has 0 radical (unpaired) electrons. The molecule has 0 aliphatic rings. The van der Waals surface area contributed by atoms with Crippen LogP contribution in [0.25, 0.3) is 0 Å². The Morgan fingerprint density at radius 1 is 1.50 bits per heavy atom. The molecular weight excluding hydrogens is 232 g/mol. The second-order valence-electron chi connectivity index (χ2n) is 4.09. The number of rotatable bonds is 3. The first-order valence-corrected chi connectivity index (χ1v) is 5.53. The molecule has 1 amide bonds. The topological polar surface area (TPSA) is 90.9 Å². The van der Waals surface area contributed by atoms with E-state index in [0.29, 0.717) is 5.82 Å². The number of aromatic nitrogens is 3. The van der Waals surface area contributed by atoms with Crippen LogP contribution in [0.2, 0.25) is 0 Å². The number of nitrogens with zero attached hydrogens (tertiary/aromatic N) is 2. The van der Waals surface area contributed by atoms with Gasteiger partial charge in [0.1, 0.15) is 17.9 Å². The molecule has 18 heavy (non-hydrogen) atoms. The van der Waals surface area contributed by atoms with Crippen molar-refractivity contribution >= 4 is 5.91 Å². The van der Waals surface area contributed by atoms with Gasteiger partial charge in [0.2, 0.25) is 0 Å². The third-order valence-corrected chi connectivity index (χ3v) is 2.59. The summed E-state index contributed by atoms with van der Waals surface area (Å²) in [5.74, 6) is 0.184. The van der Waals surface area contributed by atoms with Crippen molar-refractivity contribution in [3.05, 3.63) is 41.5 Å². The molecule has 0 saturated carbocycles. The molecule has 1 heterocycles. The number of carbonyl (C=O) groups excluding carboxylic acids is 1. The Balaban J connectivity index is 2.12. The SMILES string of the molecule is Cc1ccc(C(=O)NC(C)c2ncn[nH]2)c(O)c1. The molecule has 0 bridgehead atoms. The Kier molecular flexibility index (Phi) is 3.27. The van der Waals surface area contributed by atoms with E-state index >= 15 is 0 Å². The summed E-state index contributed by atoms with van der Waals surface area (Å²) in [6.45, 7) is 3.63. The fourth-order valence-corrected chi connectivity index (χ4v) is 1.60. The second-order valence-corrected chi connectivity index (χ2v) is 4.09. The molecule has 1 aromatic carbocycles. The van der Waals surface area contributed by atoms with Crippen molar-refractivity contribution in [2.24, 2.45) is 0 Å². The van der Waals surface area contributed by atoms with Crippen LogP contribution >= 0.6 is 0 Å². The molecule has 0 aliphatic carbocycles. The van der Waals surface area contributed by atoms with Crippen LogP contribution < -0.4 is 5.32 Å². The molecule has 94 valence electrons. The zero-order valence-corrected chi connectivity index (χ0v) is 10.1. The molecule has 0 aliphatic heterocycles. The predicted molar refractivity (Wildman–Crippen MR) is 65.1 cm³/mol. The Morgan fingerprint density at radius 3 is 2.89 bits per heavy atom. The van der Waals surface area contributed by atoms with Crippen molar-refractivity contribution < 1.29 is 9.90 Å². The Hall–Kier alpha value is -2.37. The number of H-pyrrole nitrogens is 1. The van der Waals surface area contributed by atoms with E-state index in [9.17, 15) is 9.90 Å². The van der Waals surface area contributed by atoms with Crippen molar-refractivity contribution in [2.75, 3.05) is 0 Å². The highest BCUT2D eigenvalue weighted by Gasteiger charge is 2.16. The lowest BCUT2D eigenvalue weighted by atomic mass is 10.1. The number of aromatic hydroxyl groups is 1. The molecule has 0 saturated heterocycles. The van der Waals surface area contributed by atoms with Crippen LogP contribution in [-0.4, -0.2) is 26.2 Å². The summed E-state index contributed by atoms with van der Waals surface area (Å²) in [5, 5.41) is 18.8. The summed E-state index contributed by atoms with van der Waals surface area (Å²) >= 11 is 0. The summed E-state index contributed by atoms with van der Waals surface area (Å²) < 4.78 is 0. The Morgan fingerprint density at radius 2 is 2.28 bits per heavy atom. The highest BCUT2D eigenvalue weighted by atomic mass is 16.3. The first kappa shape index (κ1) is 12.1. The van der Waals surface area contributed by atoms with Crippen LogP contribution in [0.5, 0.6) is 5.75 Å². The highest BCUT2D eigenvalue weighted by Crippen LogP contribution is 2.19. The molecule has 2 aromatic rings. The van der Waals surface area contributed by atoms with Crippen molar-refractivity contribution in [1.82, 2.24) is 20.5 Å². The van der Waals surface area contributed by atoms with Crippen LogP contribution in [0.15, 0.2) is 24.5 Å². The number of hydrogen-bond donors (Lipinski definition) is 3. The molecule has 1 atom stereocenters. The lowest BCUT2D eigenvalue weighted by Crippen LogP contribution is -2.27. The van der Waals surface area contributed by atoms with Gasteiger partial charge in [-0.05, 0) is 31.5 Å². The van der Waals surface area contributed by atoms with Crippen molar-refractivity contribution in [1.29, 1.82) is 0 Å².